The third-order valence-electron chi connectivity index (χ3n) is 3.15. The second-order valence-corrected chi connectivity index (χ2v) is 5.67. The van der Waals surface area contributed by atoms with Crippen molar-refractivity contribution < 1.29 is 14.3 Å². The molecule has 0 aliphatic heterocycles. The summed E-state index contributed by atoms with van der Waals surface area (Å²) in [4.78, 5) is 22.8. The Labute approximate surface area is 150 Å². The molecule has 2 rings (SSSR count). The fourth-order valence-electron chi connectivity index (χ4n) is 1.92. The summed E-state index contributed by atoms with van der Waals surface area (Å²) in [6.45, 7) is 3.07. The van der Waals surface area contributed by atoms with Gasteiger partial charge in [-0.1, -0.05) is 23.7 Å². The van der Waals surface area contributed by atoms with Crippen LogP contribution in [0.5, 0.6) is 5.75 Å². The van der Waals surface area contributed by atoms with Crippen LogP contribution in [0.3, 0.4) is 0 Å². The Kier molecular flexibility index (Phi) is 6.54. The van der Waals surface area contributed by atoms with E-state index in [0.717, 1.165) is 5.56 Å². The van der Waals surface area contributed by atoms with Gasteiger partial charge < -0.3 is 10.1 Å². The molecule has 2 aromatic carbocycles. The van der Waals surface area contributed by atoms with Crippen LogP contribution in [0, 0.1) is 0 Å². The predicted molar refractivity (Wildman–Crippen MR) is 98.0 cm³/mol. The molecule has 0 unspecified atom stereocenters. The van der Waals surface area contributed by atoms with E-state index < -0.39 is 0 Å². The molecule has 0 bridgehead atoms. The Morgan fingerprint density at radius 3 is 2.28 bits per heavy atom. The van der Waals surface area contributed by atoms with Gasteiger partial charge in [-0.15, -0.1) is 0 Å². The van der Waals surface area contributed by atoms with Crippen molar-refractivity contribution >= 4 is 34.8 Å². The molecule has 0 aliphatic rings. The van der Waals surface area contributed by atoms with Crippen molar-refractivity contribution in [2.75, 3.05) is 11.9 Å². The Morgan fingerprint density at radius 2 is 1.68 bits per heavy atom. The maximum absolute atomic E-state index is 11.8. The maximum Gasteiger partial charge on any atom is 0.277 e. The average Bonchev–Trinajstić information content (AvgIpc) is 2.59. The lowest BCUT2D eigenvalue weighted by Crippen LogP contribution is -2.25. The first-order valence-electron chi connectivity index (χ1n) is 7.53. The molecule has 2 aromatic rings. The quantitative estimate of drug-likeness (QED) is 0.614. The zero-order valence-corrected chi connectivity index (χ0v) is 14.6. The summed E-state index contributed by atoms with van der Waals surface area (Å²) in [5, 5.41) is 7.32. The lowest BCUT2D eigenvalue weighted by atomic mass is 10.1. The minimum absolute atomic E-state index is 0.133. The van der Waals surface area contributed by atoms with Gasteiger partial charge in [0.25, 0.3) is 5.91 Å². The second-order valence-electron chi connectivity index (χ2n) is 5.23. The van der Waals surface area contributed by atoms with Gasteiger partial charge in [0.15, 0.2) is 6.61 Å². The molecular weight excluding hydrogens is 342 g/mol. The SMILES string of the molecule is CC(=O)Nc1ccc(/C(C)=N/NC(=O)COc2ccc(Cl)cc2)cc1. The zero-order chi connectivity index (χ0) is 18.2. The highest BCUT2D eigenvalue weighted by Gasteiger charge is 2.04. The van der Waals surface area contributed by atoms with Crippen molar-refractivity contribution in [3.8, 4) is 5.75 Å². The summed E-state index contributed by atoms with van der Waals surface area (Å²) >= 11 is 5.78. The number of ether oxygens (including phenoxy) is 1. The van der Waals surface area contributed by atoms with Crippen molar-refractivity contribution in [1.29, 1.82) is 0 Å². The van der Waals surface area contributed by atoms with Gasteiger partial charge in [-0.3, -0.25) is 9.59 Å². The summed E-state index contributed by atoms with van der Waals surface area (Å²) in [5.41, 5.74) is 4.60. The average molecular weight is 360 g/mol. The van der Waals surface area contributed by atoms with Gasteiger partial charge in [-0.05, 0) is 48.9 Å². The normalized spacial score (nSPS) is 10.9. The van der Waals surface area contributed by atoms with Gasteiger partial charge in [-0.2, -0.15) is 5.10 Å². The molecule has 25 heavy (non-hydrogen) atoms. The van der Waals surface area contributed by atoms with Crippen LogP contribution in [0.25, 0.3) is 0 Å². The summed E-state index contributed by atoms with van der Waals surface area (Å²) in [6.07, 6.45) is 0. The predicted octanol–water partition coefficient (Wildman–Crippen LogP) is 3.22. The molecule has 130 valence electrons. The van der Waals surface area contributed by atoms with Crippen molar-refractivity contribution in [3.05, 3.63) is 59.1 Å². The van der Waals surface area contributed by atoms with Crippen LogP contribution in [0.1, 0.15) is 19.4 Å². The summed E-state index contributed by atoms with van der Waals surface area (Å²) in [5.74, 6) is 0.0454. The number of amides is 2. The maximum atomic E-state index is 11.8. The third-order valence-corrected chi connectivity index (χ3v) is 3.41. The van der Waals surface area contributed by atoms with E-state index in [-0.39, 0.29) is 18.4 Å². The van der Waals surface area contributed by atoms with E-state index in [1.54, 1.807) is 55.5 Å². The number of anilines is 1. The van der Waals surface area contributed by atoms with Crippen molar-refractivity contribution in [3.63, 3.8) is 0 Å². The van der Waals surface area contributed by atoms with E-state index >= 15 is 0 Å². The highest BCUT2D eigenvalue weighted by atomic mass is 35.5. The summed E-state index contributed by atoms with van der Waals surface area (Å²) in [6, 6.07) is 13.9. The first-order valence-corrected chi connectivity index (χ1v) is 7.91. The molecular formula is C18H18ClN3O3. The molecule has 6 nitrogen and oxygen atoms in total. The Bertz CT molecular complexity index is 771. The van der Waals surface area contributed by atoms with E-state index in [4.69, 9.17) is 16.3 Å². The van der Waals surface area contributed by atoms with Gasteiger partial charge in [-0.25, -0.2) is 5.43 Å². The lowest BCUT2D eigenvalue weighted by Gasteiger charge is -2.07. The molecule has 0 saturated carbocycles. The van der Waals surface area contributed by atoms with Crippen LogP contribution in [0.15, 0.2) is 53.6 Å². The Balaban J connectivity index is 1.86. The smallest absolute Gasteiger partial charge is 0.277 e. The van der Waals surface area contributed by atoms with Crippen LogP contribution in [-0.4, -0.2) is 24.1 Å². The van der Waals surface area contributed by atoms with Crippen molar-refractivity contribution in [2.45, 2.75) is 13.8 Å². The fourth-order valence-corrected chi connectivity index (χ4v) is 2.05. The van der Waals surface area contributed by atoms with Crippen LogP contribution < -0.4 is 15.5 Å². The molecule has 0 spiro atoms. The second kappa shape index (κ2) is 8.84. The number of nitrogens with one attached hydrogen (secondary N) is 2. The van der Waals surface area contributed by atoms with Crippen LogP contribution in [0.2, 0.25) is 5.02 Å². The monoisotopic (exact) mass is 359 g/mol. The number of rotatable bonds is 6. The molecule has 0 saturated heterocycles. The molecule has 7 heteroatoms. The number of benzene rings is 2. The number of hydrazone groups is 1. The minimum Gasteiger partial charge on any atom is -0.484 e. The van der Waals surface area contributed by atoms with Gasteiger partial charge >= 0.3 is 0 Å². The van der Waals surface area contributed by atoms with Crippen LogP contribution in [0.4, 0.5) is 5.69 Å². The van der Waals surface area contributed by atoms with E-state index in [1.807, 2.05) is 0 Å². The molecule has 0 fully saturated rings. The van der Waals surface area contributed by atoms with E-state index in [0.29, 0.717) is 22.2 Å². The van der Waals surface area contributed by atoms with E-state index in [1.165, 1.54) is 6.92 Å². The van der Waals surface area contributed by atoms with Gasteiger partial charge in [0.05, 0.1) is 5.71 Å². The standard InChI is InChI=1S/C18H18ClN3O3/c1-12(14-3-7-16(8-4-14)20-13(2)23)21-22-18(24)11-25-17-9-5-15(19)6-10-17/h3-10H,11H2,1-2H3,(H,20,23)(H,22,24)/b21-12+. The summed E-state index contributed by atoms with van der Waals surface area (Å²) in [7, 11) is 0. The molecule has 2 amide bonds. The highest BCUT2D eigenvalue weighted by molar-refractivity contribution is 6.30. The number of carbonyl (C=O) groups is 2. The molecule has 0 heterocycles. The largest absolute Gasteiger partial charge is 0.484 e. The lowest BCUT2D eigenvalue weighted by molar-refractivity contribution is -0.123. The number of carbonyl (C=O) groups excluding carboxylic acids is 2. The molecule has 0 aliphatic carbocycles. The minimum atomic E-state index is -0.371. The van der Waals surface area contributed by atoms with Crippen LogP contribution in [-0.2, 0) is 9.59 Å². The topological polar surface area (TPSA) is 79.8 Å². The third kappa shape index (κ3) is 6.27. The molecule has 0 radical (unpaired) electrons. The van der Waals surface area contributed by atoms with Crippen LogP contribution >= 0.6 is 11.6 Å². The Hall–Kier alpha value is -2.86. The fraction of sp³-hybridized carbons (Fsp3) is 0.167. The van der Waals surface area contributed by atoms with E-state index in [2.05, 4.69) is 15.8 Å². The first-order chi connectivity index (χ1) is 11.9. The van der Waals surface area contributed by atoms with Crippen molar-refractivity contribution in [2.24, 2.45) is 5.10 Å². The number of nitrogens with zero attached hydrogens (tertiary/aromatic N) is 1. The molecule has 2 N–H and O–H groups in total. The van der Waals surface area contributed by atoms with Crippen molar-refractivity contribution in [1.82, 2.24) is 5.43 Å². The van der Waals surface area contributed by atoms with Gasteiger partial charge in [0.1, 0.15) is 5.75 Å². The van der Waals surface area contributed by atoms with E-state index in [9.17, 15) is 9.59 Å². The highest BCUT2D eigenvalue weighted by Crippen LogP contribution is 2.15. The van der Waals surface area contributed by atoms with Gasteiger partial charge in [0, 0.05) is 17.6 Å². The first kappa shape index (κ1) is 18.5. The van der Waals surface area contributed by atoms with Gasteiger partial charge in [0.2, 0.25) is 5.91 Å². The number of hydrogen-bond donors (Lipinski definition) is 2. The molecule has 0 aromatic heterocycles. The Morgan fingerprint density at radius 1 is 1.04 bits per heavy atom. The molecule has 0 atom stereocenters. The number of hydrogen-bond acceptors (Lipinski definition) is 4. The number of halogens is 1. The zero-order valence-electron chi connectivity index (χ0n) is 13.9. The summed E-state index contributed by atoms with van der Waals surface area (Å²) < 4.78 is 5.33.